The first-order valence-corrected chi connectivity index (χ1v) is 7.59. The molecule has 0 aliphatic heterocycles. The fourth-order valence-corrected chi connectivity index (χ4v) is 2.60. The molecule has 0 radical (unpaired) electrons. The van der Waals surface area contributed by atoms with E-state index in [0.29, 0.717) is 0 Å². The van der Waals surface area contributed by atoms with Crippen molar-refractivity contribution < 1.29 is 23.1 Å². The standard InChI is InChI=1S/C14H12N2O5S/c17-13(18)10-5-4-6-11(9-10)15-14(19)16-22(20,21)12-7-2-1-3-8-12/h1-9H,(H,17,18)(H2,15,16,19). The second kappa shape index (κ2) is 6.27. The zero-order valence-electron chi connectivity index (χ0n) is 11.2. The maximum atomic E-state index is 11.9. The summed E-state index contributed by atoms with van der Waals surface area (Å²) in [4.78, 5) is 22.5. The molecule has 0 heterocycles. The number of benzene rings is 2. The fraction of sp³-hybridized carbons (Fsp3) is 0. The number of carboxylic acids is 1. The van der Waals surface area contributed by atoms with Crippen LogP contribution in [0, 0.1) is 0 Å². The summed E-state index contributed by atoms with van der Waals surface area (Å²) in [7, 11) is -3.98. The van der Waals surface area contributed by atoms with E-state index in [-0.39, 0.29) is 16.1 Å². The Bertz CT molecular complexity index is 803. The Morgan fingerprint density at radius 1 is 0.955 bits per heavy atom. The van der Waals surface area contributed by atoms with Crippen LogP contribution in [0.1, 0.15) is 10.4 Å². The van der Waals surface area contributed by atoms with Gasteiger partial charge < -0.3 is 10.4 Å². The van der Waals surface area contributed by atoms with Gasteiger partial charge >= 0.3 is 12.0 Å². The molecule has 8 heteroatoms. The van der Waals surface area contributed by atoms with Gasteiger partial charge in [-0.2, -0.15) is 0 Å². The van der Waals surface area contributed by atoms with Crippen molar-refractivity contribution in [3.8, 4) is 0 Å². The number of aromatic carboxylic acids is 1. The van der Waals surface area contributed by atoms with Gasteiger partial charge in [-0.25, -0.2) is 22.7 Å². The molecule has 2 aromatic carbocycles. The molecule has 2 rings (SSSR count). The van der Waals surface area contributed by atoms with Gasteiger partial charge in [0.25, 0.3) is 10.0 Å². The van der Waals surface area contributed by atoms with E-state index in [1.807, 2.05) is 4.72 Å². The van der Waals surface area contributed by atoms with Crippen molar-refractivity contribution in [2.75, 3.05) is 5.32 Å². The van der Waals surface area contributed by atoms with Crippen molar-refractivity contribution in [3.63, 3.8) is 0 Å². The molecule has 0 spiro atoms. The molecule has 0 atom stereocenters. The zero-order valence-corrected chi connectivity index (χ0v) is 12.0. The van der Waals surface area contributed by atoms with Crippen molar-refractivity contribution in [2.45, 2.75) is 4.90 Å². The Hall–Kier alpha value is -2.87. The summed E-state index contributed by atoms with van der Waals surface area (Å²) in [6, 6.07) is 11.9. The molecular weight excluding hydrogens is 308 g/mol. The lowest BCUT2D eigenvalue weighted by Gasteiger charge is -2.09. The second-order valence-corrected chi connectivity index (χ2v) is 5.94. The fourth-order valence-electron chi connectivity index (χ4n) is 1.67. The predicted octanol–water partition coefficient (Wildman–Crippen LogP) is 1.90. The lowest BCUT2D eigenvalue weighted by molar-refractivity contribution is 0.0697. The van der Waals surface area contributed by atoms with Crippen LogP contribution in [-0.2, 0) is 10.0 Å². The monoisotopic (exact) mass is 320 g/mol. The van der Waals surface area contributed by atoms with Gasteiger partial charge in [0.1, 0.15) is 0 Å². The number of carbonyl (C=O) groups is 2. The molecule has 0 unspecified atom stereocenters. The van der Waals surface area contributed by atoms with Gasteiger partial charge in [0.05, 0.1) is 10.5 Å². The Labute approximate surface area is 126 Å². The molecule has 2 amide bonds. The van der Waals surface area contributed by atoms with E-state index < -0.39 is 22.0 Å². The van der Waals surface area contributed by atoms with Gasteiger partial charge in [-0.15, -0.1) is 0 Å². The summed E-state index contributed by atoms with van der Waals surface area (Å²) in [5, 5.41) is 11.1. The summed E-state index contributed by atoms with van der Waals surface area (Å²) < 4.78 is 25.7. The van der Waals surface area contributed by atoms with Gasteiger partial charge in [-0.3, -0.25) is 0 Å². The number of sulfonamides is 1. The number of amides is 2. The second-order valence-electron chi connectivity index (χ2n) is 4.26. The molecule has 0 bridgehead atoms. The minimum atomic E-state index is -3.98. The minimum Gasteiger partial charge on any atom is -0.478 e. The highest BCUT2D eigenvalue weighted by atomic mass is 32.2. The lowest BCUT2D eigenvalue weighted by atomic mass is 10.2. The van der Waals surface area contributed by atoms with Crippen LogP contribution in [-0.4, -0.2) is 25.5 Å². The highest BCUT2D eigenvalue weighted by Crippen LogP contribution is 2.11. The van der Waals surface area contributed by atoms with E-state index >= 15 is 0 Å². The Balaban J connectivity index is 2.10. The van der Waals surface area contributed by atoms with Crippen LogP contribution < -0.4 is 10.0 Å². The summed E-state index contributed by atoms with van der Waals surface area (Å²) in [6.45, 7) is 0. The summed E-state index contributed by atoms with van der Waals surface area (Å²) >= 11 is 0. The van der Waals surface area contributed by atoms with E-state index in [2.05, 4.69) is 5.32 Å². The molecule has 0 aliphatic rings. The van der Waals surface area contributed by atoms with Gasteiger partial charge in [0.2, 0.25) is 0 Å². The van der Waals surface area contributed by atoms with E-state index in [9.17, 15) is 18.0 Å². The maximum Gasteiger partial charge on any atom is 0.335 e. The van der Waals surface area contributed by atoms with Crippen LogP contribution in [0.25, 0.3) is 0 Å². The van der Waals surface area contributed by atoms with Crippen molar-refractivity contribution in [3.05, 3.63) is 60.2 Å². The molecule has 3 N–H and O–H groups in total. The Kier molecular flexibility index (Phi) is 4.42. The highest BCUT2D eigenvalue weighted by Gasteiger charge is 2.17. The number of carbonyl (C=O) groups excluding carboxylic acids is 1. The molecule has 0 saturated heterocycles. The third-order valence-electron chi connectivity index (χ3n) is 2.65. The normalized spacial score (nSPS) is 10.7. The zero-order chi connectivity index (χ0) is 16.2. The molecule has 0 aromatic heterocycles. The Morgan fingerprint density at radius 2 is 1.64 bits per heavy atom. The van der Waals surface area contributed by atoms with Gasteiger partial charge in [0, 0.05) is 5.69 Å². The Morgan fingerprint density at radius 3 is 2.27 bits per heavy atom. The highest BCUT2D eigenvalue weighted by molar-refractivity contribution is 7.90. The third-order valence-corrected chi connectivity index (χ3v) is 3.99. The van der Waals surface area contributed by atoms with Gasteiger partial charge in [0.15, 0.2) is 0 Å². The maximum absolute atomic E-state index is 11.9. The first kappa shape index (κ1) is 15.5. The molecule has 22 heavy (non-hydrogen) atoms. The first-order valence-electron chi connectivity index (χ1n) is 6.11. The topological polar surface area (TPSA) is 113 Å². The molecular formula is C14H12N2O5S. The lowest BCUT2D eigenvalue weighted by Crippen LogP contribution is -2.34. The van der Waals surface area contributed by atoms with Crippen LogP contribution in [0.5, 0.6) is 0 Å². The van der Waals surface area contributed by atoms with Crippen molar-refractivity contribution in [2.24, 2.45) is 0 Å². The molecule has 7 nitrogen and oxygen atoms in total. The number of anilines is 1. The number of carboxylic acid groups (broad SMARTS) is 1. The molecule has 0 aliphatic carbocycles. The smallest absolute Gasteiger partial charge is 0.335 e. The molecule has 114 valence electrons. The third kappa shape index (κ3) is 3.83. The minimum absolute atomic E-state index is 0.0243. The number of hydrogen-bond donors (Lipinski definition) is 3. The van der Waals surface area contributed by atoms with Crippen LogP contribution >= 0.6 is 0 Å². The van der Waals surface area contributed by atoms with Crippen molar-refractivity contribution >= 4 is 27.7 Å². The van der Waals surface area contributed by atoms with Crippen LogP contribution in [0.4, 0.5) is 10.5 Å². The van der Waals surface area contributed by atoms with Crippen molar-refractivity contribution in [1.82, 2.24) is 4.72 Å². The van der Waals surface area contributed by atoms with Crippen LogP contribution in [0.2, 0.25) is 0 Å². The number of hydrogen-bond acceptors (Lipinski definition) is 4. The van der Waals surface area contributed by atoms with E-state index in [4.69, 9.17) is 5.11 Å². The molecule has 2 aromatic rings. The number of nitrogens with one attached hydrogen (secondary N) is 2. The van der Waals surface area contributed by atoms with E-state index in [1.165, 1.54) is 48.5 Å². The molecule has 0 saturated carbocycles. The quantitative estimate of drug-likeness (QED) is 0.796. The average molecular weight is 320 g/mol. The van der Waals surface area contributed by atoms with Crippen LogP contribution in [0.3, 0.4) is 0 Å². The van der Waals surface area contributed by atoms with E-state index in [0.717, 1.165) is 0 Å². The summed E-state index contributed by atoms with van der Waals surface area (Å²) in [5.41, 5.74) is 0.143. The average Bonchev–Trinajstić information content (AvgIpc) is 2.47. The predicted molar refractivity (Wildman–Crippen MR) is 79.2 cm³/mol. The van der Waals surface area contributed by atoms with Gasteiger partial charge in [-0.05, 0) is 30.3 Å². The summed E-state index contributed by atoms with van der Waals surface area (Å²) in [6.07, 6.45) is 0. The summed E-state index contributed by atoms with van der Waals surface area (Å²) in [5.74, 6) is -1.15. The largest absolute Gasteiger partial charge is 0.478 e. The number of urea groups is 1. The van der Waals surface area contributed by atoms with Crippen molar-refractivity contribution in [1.29, 1.82) is 0 Å². The van der Waals surface area contributed by atoms with Gasteiger partial charge in [-0.1, -0.05) is 24.3 Å². The SMILES string of the molecule is O=C(Nc1cccc(C(=O)O)c1)NS(=O)(=O)c1ccccc1. The number of rotatable bonds is 4. The van der Waals surface area contributed by atoms with Crippen LogP contribution in [0.15, 0.2) is 59.5 Å². The molecule has 0 fully saturated rings. The van der Waals surface area contributed by atoms with E-state index in [1.54, 1.807) is 6.07 Å². The first-order chi connectivity index (χ1) is 10.4.